The third-order valence-electron chi connectivity index (χ3n) is 4.08. The fourth-order valence-corrected chi connectivity index (χ4v) is 2.53. The Kier molecular flexibility index (Phi) is 5.81. The Bertz CT molecular complexity index is 516. The van der Waals surface area contributed by atoms with Crippen LogP contribution >= 0.6 is 0 Å². The van der Waals surface area contributed by atoms with Crippen LogP contribution in [0.15, 0.2) is 29.3 Å². The monoisotopic (exact) mass is 302 g/mol. The molecule has 0 aliphatic carbocycles. The van der Waals surface area contributed by atoms with Gasteiger partial charge in [-0.25, -0.2) is 4.99 Å². The van der Waals surface area contributed by atoms with E-state index in [0.717, 1.165) is 24.6 Å². The Morgan fingerprint density at radius 1 is 1.32 bits per heavy atom. The summed E-state index contributed by atoms with van der Waals surface area (Å²) in [7, 11) is 0. The van der Waals surface area contributed by atoms with E-state index in [1.54, 1.807) is 0 Å². The fourth-order valence-electron chi connectivity index (χ4n) is 2.53. The summed E-state index contributed by atoms with van der Waals surface area (Å²) in [5, 5.41) is 2.78. The lowest BCUT2D eigenvalue weighted by molar-refractivity contribution is 0.0956. The molecule has 5 nitrogen and oxygen atoms in total. The minimum atomic E-state index is -0.0421. The molecule has 1 amide bonds. The molecule has 0 unspecified atom stereocenters. The van der Waals surface area contributed by atoms with Crippen LogP contribution < -0.4 is 11.1 Å². The Labute approximate surface area is 132 Å². The summed E-state index contributed by atoms with van der Waals surface area (Å²) in [6.45, 7) is 7.36. The molecule has 5 heteroatoms. The van der Waals surface area contributed by atoms with Crippen molar-refractivity contribution in [1.29, 1.82) is 0 Å². The smallest absolute Gasteiger partial charge is 0.251 e. The Hall–Kier alpha value is -2.04. The second-order valence-electron chi connectivity index (χ2n) is 5.90. The SMILES string of the molecule is CCNC(=O)c1ccc(CN=C(N)N2CCC(C)CC2)cc1. The van der Waals surface area contributed by atoms with E-state index in [1.807, 2.05) is 31.2 Å². The third-order valence-corrected chi connectivity index (χ3v) is 4.08. The molecular formula is C17H26N4O. The summed E-state index contributed by atoms with van der Waals surface area (Å²) in [5.74, 6) is 1.37. The highest BCUT2D eigenvalue weighted by Crippen LogP contribution is 2.15. The van der Waals surface area contributed by atoms with Crippen LogP contribution in [0.1, 0.15) is 42.6 Å². The molecule has 1 aromatic carbocycles. The standard InChI is InChI=1S/C17H26N4O/c1-3-19-16(22)15-6-4-14(5-7-15)12-20-17(18)21-10-8-13(2)9-11-21/h4-7,13H,3,8-12H2,1-2H3,(H2,18,20)(H,19,22). The van der Waals surface area contributed by atoms with Crippen LogP contribution in [0.2, 0.25) is 0 Å². The summed E-state index contributed by atoms with van der Waals surface area (Å²) in [4.78, 5) is 18.3. The molecule has 0 atom stereocenters. The average Bonchev–Trinajstić information content (AvgIpc) is 2.54. The lowest BCUT2D eigenvalue weighted by Crippen LogP contribution is -2.42. The van der Waals surface area contributed by atoms with Crippen molar-refractivity contribution in [3.63, 3.8) is 0 Å². The minimum Gasteiger partial charge on any atom is -0.370 e. The molecule has 22 heavy (non-hydrogen) atoms. The van der Waals surface area contributed by atoms with Gasteiger partial charge in [-0.15, -0.1) is 0 Å². The van der Waals surface area contributed by atoms with Crippen molar-refractivity contribution in [3.8, 4) is 0 Å². The van der Waals surface area contributed by atoms with Crippen LogP contribution in [-0.2, 0) is 6.54 Å². The number of carbonyl (C=O) groups excluding carboxylic acids is 1. The molecule has 120 valence electrons. The van der Waals surface area contributed by atoms with Crippen LogP contribution in [0.5, 0.6) is 0 Å². The molecular weight excluding hydrogens is 276 g/mol. The van der Waals surface area contributed by atoms with E-state index in [4.69, 9.17) is 5.73 Å². The molecule has 1 heterocycles. The lowest BCUT2D eigenvalue weighted by Gasteiger charge is -2.31. The molecule has 0 aromatic heterocycles. The molecule has 0 spiro atoms. The number of hydrogen-bond donors (Lipinski definition) is 2. The van der Waals surface area contributed by atoms with Gasteiger partial charge in [-0.05, 0) is 43.4 Å². The highest BCUT2D eigenvalue weighted by molar-refractivity contribution is 5.94. The van der Waals surface area contributed by atoms with Crippen LogP contribution in [0, 0.1) is 5.92 Å². The molecule has 3 N–H and O–H groups in total. The van der Waals surface area contributed by atoms with Crippen molar-refractivity contribution in [2.75, 3.05) is 19.6 Å². The summed E-state index contributed by atoms with van der Waals surface area (Å²) in [5.41, 5.74) is 7.80. The first-order valence-electron chi connectivity index (χ1n) is 8.02. The van der Waals surface area contributed by atoms with Gasteiger partial charge in [-0.3, -0.25) is 4.79 Å². The Balaban J connectivity index is 1.90. The van der Waals surface area contributed by atoms with Crippen molar-refractivity contribution in [2.45, 2.75) is 33.2 Å². The molecule has 2 rings (SSSR count). The zero-order chi connectivity index (χ0) is 15.9. The highest BCUT2D eigenvalue weighted by atomic mass is 16.1. The maximum absolute atomic E-state index is 11.7. The van der Waals surface area contributed by atoms with Gasteiger partial charge < -0.3 is 16.0 Å². The number of benzene rings is 1. The number of likely N-dealkylation sites (tertiary alicyclic amines) is 1. The van der Waals surface area contributed by atoms with Gasteiger partial charge in [0, 0.05) is 25.2 Å². The first-order chi connectivity index (χ1) is 10.6. The normalized spacial score (nSPS) is 16.6. The van der Waals surface area contributed by atoms with Gasteiger partial charge in [0.1, 0.15) is 0 Å². The summed E-state index contributed by atoms with van der Waals surface area (Å²) < 4.78 is 0. The fraction of sp³-hybridized carbons (Fsp3) is 0.529. The first-order valence-corrected chi connectivity index (χ1v) is 8.02. The summed E-state index contributed by atoms with van der Waals surface area (Å²) in [6.07, 6.45) is 2.36. The third kappa shape index (κ3) is 4.48. The molecule has 0 bridgehead atoms. The summed E-state index contributed by atoms with van der Waals surface area (Å²) in [6, 6.07) is 7.52. The van der Waals surface area contributed by atoms with Crippen molar-refractivity contribution in [3.05, 3.63) is 35.4 Å². The number of guanidine groups is 1. The number of nitrogens with two attached hydrogens (primary N) is 1. The number of hydrogen-bond acceptors (Lipinski definition) is 2. The predicted octanol–water partition coefficient (Wildman–Crippen LogP) is 1.98. The molecule has 1 aromatic rings. The molecule has 1 aliphatic heterocycles. The van der Waals surface area contributed by atoms with Crippen molar-refractivity contribution >= 4 is 11.9 Å². The van der Waals surface area contributed by atoms with Crippen LogP contribution in [0.3, 0.4) is 0 Å². The van der Waals surface area contributed by atoms with Gasteiger partial charge in [0.25, 0.3) is 5.91 Å². The van der Waals surface area contributed by atoms with Gasteiger partial charge >= 0.3 is 0 Å². The number of rotatable bonds is 4. The van der Waals surface area contributed by atoms with Crippen LogP contribution in [-0.4, -0.2) is 36.4 Å². The lowest BCUT2D eigenvalue weighted by atomic mass is 10.00. The van der Waals surface area contributed by atoms with E-state index in [-0.39, 0.29) is 5.91 Å². The van der Waals surface area contributed by atoms with Crippen molar-refractivity contribution in [1.82, 2.24) is 10.2 Å². The van der Waals surface area contributed by atoms with E-state index < -0.39 is 0 Å². The number of nitrogens with zero attached hydrogens (tertiary/aromatic N) is 2. The van der Waals surface area contributed by atoms with Crippen LogP contribution in [0.4, 0.5) is 0 Å². The van der Waals surface area contributed by atoms with Crippen molar-refractivity contribution < 1.29 is 4.79 Å². The van der Waals surface area contributed by atoms with Gasteiger partial charge in [-0.2, -0.15) is 0 Å². The second-order valence-corrected chi connectivity index (χ2v) is 5.90. The molecule has 0 radical (unpaired) electrons. The van der Waals surface area contributed by atoms with Gasteiger partial charge in [-0.1, -0.05) is 19.1 Å². The minimum absolute atomic E-state index is 0.0421. The highest BCUT2D eigenvalue weighted by Gasteiger charge is 2.16. The van der Waals surface area contributed by atoms with Crippen LogP contribution in [0.25, 0.3) is 0 Å². The number of aliphatic imine (C=N–C) groups is 1. The van der Waals surface area contributed by atoms with E-state index in [1.165, 1.54) is 12.8 Å². The number of nitrogens with one attached hydrogen (secondary N) is 1. The summed E-state index contributed by atoms with van der Waals surface area (Å²) >= 11 is 0. The quantitative estimate of drug-likeness (QED) is 0.660. The van der Waals surface area contributed by atoms with Gasteiger partial charge in [0.2, 0.25) is 0 Å². The second kappa shape index (κ2) is 7.82. The van der Waals surface area contributed by atoms with E-state index in [9.17, 15) is 4.79 Å². The zero-order valence-corrected chi connectivity index (χ0v) is 13.5. The topological polar surface area (TPSA) is 70.7 Å². The average molecular weight is 302 g/mol. The Morgan fingerprint density at radius 3 is 2.55 bits per heavy atom. The number of piperidine rings is 1. The van der Waals surface area contributed by atoms with Gasteiger partial charge in [0.15, 0.2) is 5.96 Å². The van der Waals surface area contributed by atoms with E-state index in [0.29, 0.717) is 24.6 Å². The first kappa shape index (κ1) is 16.3. The predicted molar refractivity (Wildman–Crippen MR) is 89.7 cm³/mol. The van der Waals surface area contributed by atoms with E-state index >= 15 is 0 Å². The van der Waals surface area contributed by atoms with Gasteiger partial charge in [0.05, 0.1) is 6.54 Å². The molecule has 1 saturated heterocycles. The molecule has 0 saturated carbocycles. The maximum Gasteiger partial charge on any atom is 0.251 e. The number of amides is 1. The number of carbonyl (C=O) groups is 1. The maximum atomic E-state index is 11.7. The van der Waals surface area contributed by atoms with Crippen molar-refractivity contribution in [2.24, 2.45) is 16.6 Å². The zero-order valence-electron chi connectivity index (χ0n) is 13.5. The van der Waals surface area contributed by atoms with E-state index in [2.05, 4.69) is 22.1 Å². The molecule has 1 fully saturated rings. The molecule has 1 aliphatic rings. The Morgan fingerprint density at radius 2 is 1.95 bits per heavy atom. The largest absolute Gasteiger partial charge is 0.370 e.